The first-order valence-corrected chi connectivity index (χ1v) is 10.4. The van der Waals surface area contributed by atoms with Crippen molar-refractivity contribution in [1.82, 2.24) is 9.80 Å². The zero-order chi connectivity index (χ0) is 18.6. The molecule has 0 saturated carbocycles. The fraction of sp³-hybridized carbons (Fsp3) is 0.500. The molecule has 27 heavy (non-hydrogen) atoms. The third-order valence-corrected chi connectivity index (χ3v) is 7.57. The first-order valence-electron chi connectivity index (χ1n) is 10.4. The van der Waals surface area contributed by atoms with E-state index in [2.05, 4.69) is 60.2 Å². The summed E-state index contributed by atoms with van der Waals surface area (Å²) in [7, 11) is 2.30. The molecule has 2 fully saturated rings. The van der Waals surface area contributed by atoms with Gasteiger partial charge in [0.25, 0.3) is 0 Å². The Balaban J connectivity index is 1.46. The Morgan fingerprint density at radius 1 is 1.07 bits per heavy atom. The van der Waals surface area contributed by atoms with Crippen molar-refractivity contribution in [2.45, 2.75) is 44.2 Å². The normalized spacial score (nSPS) is 30.6. The molecule has 3 heteroatoms. The second-order valence-corrected chi connectivity index (χ2v) is 9.08. The molecule has 2 saturated heterocycles. The van der Waals surface area contributed by atoms with Crippen LogP contribution in [0.15, 0.2) is 42.5 Å². The van der Waals surface area contributed by atoms with E-state index in [1.165, 1.54) is 41.6 Å². The van der Waals surface area contributed by atoms with Crippen LogP contribution in [0.1, 0.15) is 35.1 Å². The lowest BCUT2D eigenvalue weighted by atomic mass is 9.54. The van der Waals surface area contributed by atoms with Crippen LogP contribution in [-0.4, -0.2) is 47.6 Å². The van der Waals surface area contributed by atoms with Gasteiger partial charge >= 0.3 is 0 Å². The second-order valence-electron chi connectivity index (χ2n) is 9.08. The fourth-order valence-corrected chi connectivity index (χ4v) is 6.03. The molecular formula is C24H30N2O. The number of nitrogens with zero attached hydrogens (tertiary/aromatic N) is 2. The van der Waals surface area contributed by atoms with Crippen LogP contribution in [-0.2, 0) is 18.4 Å². The largest absolute Gasteiger partial charge is 0.508 e. The summed E-state index contributed by atoms with van der Waals surface area (Å²) in [4.78, 5) is 5.25. The van der Waals surface area contributed by atoms with Crippen LogP contribution in [0.4, 0.5) is 0 Å². The minimum atomic E-state index is 0.257. The number of fused-ring (bicyclic) bond motifs is 1. The van der Waals surface area contributed by atoms with Gasteiger partial charge in [-0.3, -0.25) is 4.90 Å². The Morgan fingerprint density at radius 2 is 1.85 bits per heavy atom. The van der Waals surface area contributed by atoms with E-state index >= 15 is 0 Å². The minimum absolute atomic E-state index is 0.257. The molecule has 0 aromatic heterocycles. The Kier molecular flexibility index (Phi) is 4.06. The van der Waals surface area contributed by atoms with Crippen molar-refractivity contribution >= 4 is 0 Å². The maximum absolute atomic E-state index is 10.2. The first-order chi connectivity index (χ1) is 13.0. The van der Waals surface area contributed by atoms with Crippen LogP contribution < -0.4 is 0 Å². The topological polar surface area (TPSA) is 26.7 Å². The summed E-state index contributed by atoms with van der Waals surface area (Å²) in [5, 5.41) is 10.2. The van der Waals surface area contributed by atoms with Gasteiger partial charge in [-0.2, -0.15) is 0 Å². The number of aryl methyl sites for hydroxylation is 1. The molecule has 0 radical (unpaired) electrons. The molecule has 1 aliphatic carbocycles. The van der Waals surface area contributed by atoms with Crippen LogP contribution in [0.2, 0.25) is 0 Å². The molecular weight excluding hydrogens is 332 g/mol. The summed E-state index contributed by atoms with van der Waals surface area (Å²) in [5.74, 6) is 1.09. The van der Waals surface area contributed by atoms with Gasteiger partial charge in [0.1, 0.15) is 5.75 Å². The van der Waals surface area contributed by atoms with Crippen molar-refractivity contribution in [3.05, 3.63) is 64.7 Å². The fourth-order valence-electron chi connectivity index (χ4n) is 6.03. The van der Waals surface area contributed by atoms with Crippen molar-refractivity contribution in [1.29, 1.82) is 0 Å². The molecule has 0 amide bonds. The Hall–Kier alpha value is -1.84. The number of benzene rings is 2. The van der Waals surface area contributed by atoms with Gasteiger partial charge in [-0.25, -0.2) is 0 Å². The number of phenols is 1. The highest BCUT2D eigenvalue weighted by Gasteiger charge is 2.54. The van der Waals surface area contributed by atoms with Crippen LogP contribution in [0, 0.1) is 12.8 Å². The maximum Gasteiger partial charge on any atom is 0.115 e. The molecule has 2 aliphatic heterocycles. The zero-order valence-electron chi connectivity index (χ0n) is 16.5. The third-order valence-electron chi connectivity index (χ3n) is 7.57. The Labute approximate surface area is 162 Å². The molecule has 0 unspecified atom stereocenters. The highest BCUT2D eigenvalue weighted by molar-refractivity contribution is 5.45. The first kappa shape index (κ1) is 17.3. The smallest absolute Gasteiger partial charge is 0.115 e. The van der Waals surface area contributed by atoms with Crippen molar-refractivity contribution in [2.24, 2.45) is 5.92 Å². The van der Waals surface area contributed by atoms with Gasteiger partial charge in [0.2, 0.25) is 0 Å². The molecule has 2 heterocycles. The van der Waals surface area contributed by atoms with Crippen molar-refractivity contribution in [3.8, 4) is 5.75 Å². The van der Waals surface area contributed by atoms with Gasteiger partial charge in [0, 0.05) is 24.5 Å². The molecule has 3 aliphatic rings. The predicted octanol–water partition coefficient (Wildman–Crippen LogP) is 3.72. The van der Waals surface area contributed by atoms with Crippen LogP contribution in [0.25, 0.3) is 0 Å². The number of hydrogen-bond donors (Lipinski definition) is 1. The third kappa shape index (κ3) is 2.79. The van der Waals surface area contributed by atoms with E-state index in [1.807, 2.05) is 6.07 Å². The molecule has 2 aromatic rings. The monoisotopic (exact) mass is 362 g/mol. The van der Waals surface area contributed by atoms with Crippen LogP contribution in [0.3, 0.4) is 0 Å². The number of aromatic hydroxyl groups is 1. The van der Waals surface area contributed by atoms with Crippen molar-refractivity contribution < 1.29 is 5.11 Å². The van der Waals surface area contributed by atoms with Crippen molar-refractivity contribution in [2.75, 3.05) is 26.7 Å². The molecule has 142 valence electrons. The van der Waals surface area contributed by atoms with Gasteiger partial charge in [-0.1, -0.05) is 35.9 Å². The standard InChI is InChI=1S/C24H30N2O/c1-17-3-5-18(6-4-17)15-26-12-10-24-9-11-25(2)23(22(24)16-26)13-19-7-8-20(27)14-21(19)24/h3-8,14,22-23,27H,9-13,15-16H2,1-2H3/t22-,23+,24+/m0/s1. The minimum Gasteiger partial charge on any atom is -0.508 e. The van der Waals surface area contributed by atoms with E-state index in [9.17, 15) is 5.11 Å². The number of phenolic OH excluding ortho intramolecular Hbond substituents is 1. The Morgan fingerprint density at radius 3 is 2.67 bits per heavy atom. The molecule has 2 aromatic carbocycles. The summed E-state index contributed by atoms with van der Waals surface area (Å²) in [6, 6.07) is 15.8. The Bertz CT molecular complexity index is 846. The zero-order valence-corrected chi connectivity index (χ0v) is 16.5. The van der Waals surface area contributed by atoms with Crippen LogP contribution >= 0.6 is 0 Å². The molecule has 1 N–H and O–H groups in total. The summed E-state index contributed by atoms with van der Waals surface area (Å²) in [5.41, 5.74) is 5.92. The van der Waals surface area contributed by atoms with Crippen LogP contribution in [0.5, 0.6) is 5.75 Å². The van der Waals surface area contributed by atoms with E-state index in [-0.39, 0.29) is 5.41 Å². The average molecular weight is 363 g/mol. The van der Waals surface area contributed by atoms with E-state index in [0.717, 1.165) is 26.1 Å². The molecule has 5 rings (SSSR count). The van der Waals surface area contributed by atoms with Gasteiger partial charge in [0.05, 0.1) is 0 Å². The van der Waals surface area contributed by atoms with Gasteiger partial charge in [-0.15, -0.1) is 0 Å². The highest BCUT2D eigenvalue weighted by atomic mass is 16.3. The van der Waals surface area contributed by atoms with Crippen molar-refractivity contribution in [3.63, 3.8) is 0 Å². The van der Waals surface area contributed by atoms with Gasteiger partial charge in [0.15, 0.2) is 0 Å². The number of hydrogen-bond acceptors (Lipinski definition) is 3. The van der Waals surface area contributed by atoms with E-state index in [0.29, 0.717) is 17.7 Å². The molecule has 3 atom stereocenters. The maximum atomic E-state index is 10.2. The summed E-state index contributed by atoms with van der Waals surface area (Å²) in [6.45, 7) is 6.69. The van der Waals surface area contributed by atoms with Gasteiger partial charge in [-0.05, 0) is 81.1 Å². The molecule has 3 nitrogen and oxygen atoms in total. The summed E-state index contributed by atoms with van der Waals surface area (Å²) < 4.78 is 0. The van der Waals surface area contributed by atoms with E-state index in [4.69, 9.17) is 0 Å². The second kappa shape index (κ2) is 6.35. The number of piperidine rings is 2. The average Bonchev–Trinajstić information content (AvgIpc) is 2.67. The molecule has 0 spiro atoms. The SMILES string of the molecule is Cc1ccc(CN2CC[C@]34CCN(C)[C@H](Cc5ccc(O)cc53)[C@@H]4C2)cc1. The summed E-state index contributed by atoms with van der Waals surface area (Å²) >= 11 is 0. The summed E-state index contributed by atoms with van der Waals surface area (Å²) in [6.07, 6.45) is 3.56. The quantitative estimate of drug-likeness (QED) is 0.882. The van der Waals surface area contributed by atoms with E-state index in [1.54, 1.807) is 0 Å². The van der Waals surface area contributed by atoms with E-state index < -0.39 is 0 Å². The highest BCUT2D eigenvalue weighted by Crippen LogP contribution is 2.53. The predicted molar refractivity (Wildman–Crippen MR) is 109 cm³/mol. The lowest BCUT2D eigenvalue weighted by Crippen LogP contribution is -2.64. The lowest BCUT2D eigenvalue weighted by molar-refractivity contribution is -0.0297. The number of likely N-dealkylation sites (N-methyl/N-ethyl adjacent to an activating group) is 1. The number of likely N-dealkylation sites (tertiary alicyclic amines) is 2. The number of rotatable bonds is 2. The lowest BCUT2D eigenvalue weighted by Gasteiger charge is -2.60. The van der Waals surface area contributed by atoms with Gasteiger partial charge < -0.3 is 10.0 Å². The molecule has 2 bridgehead atoms.